The molecule has 0 spiro atoms. The highest BCUT2D eigenvalue weighted by molar-refractivity contribution is 5.97. The van der Waals surface area contributed by atoms with Gasteiger partial charge in [-0.15, -0.1) is 0 Å². The number of amides is 1. The number of nitrogens with zero attached hydrogens (tertiary/aromatic N) is 3. The largest absolute Gasteiger partial charge is 0.481 e. The van der Waals surface area contributed by atoms with Gasteiger partial charge in [0.15, 0.2) is 17.1 Å². The average Bonchev–Trinajstić information content (AvgIpc) is 3.55. The maximum atomic E-state index is 12.7. The van der Waals surface area contributed by atoms with Crippen molar-refractivity contribution in [2.75, 3.05) is 13.3 Å². The van der Waals surface area contributed by atoms with E-state index < -0.39 is 11.9 Å². The minimum Gasteiger partial charge on any atom is -0.481 e. The van der Waals surface area contributed by atoms with Crippen molar-refractivity contribution in [3.8, 4) is 11.5 Å². The molecule has 3 aromatic rings. The molecular formula is C23H24N4O5. The number of benzene rings is 1. The Hall–Kier alpha value is -3.62. The second-order valence-corrected chi connectivity index (χ2v) is 8.30. The van der Waals surface area contributed by atoms with Crippen molar-refractivity contribution in [1.82, 2.24) is 20.1 Å². The van der Waals surface area contributed by atoms with Crippen LogP contribution in [0.25, 0.3) is 11.0 Å². The number of fused-ring (bicyclic) bond motifs is 2. The van der Waals surface area contributed by atoms with Crippen LogP contribution in [0.4, 0.5) is 0 Å². The lowest BCUT2D eigenvalue weighted by Gasteiger charge is -2.14. The van der Waals surface area contributed by atoms with Crippen LogP contribution in [0, 0.1) is 5.92 Å². The maximum Gasteiger partial charge on any atom is 0.308 e. The number of rotatable bonds is 7. The predicted octanol–water partition coefficient (Wildman–Crippen LogP) is 2.95. The van der Waals surface area contributed by atoms with Gasteiger partial charge in [0.05, 0.1) is 23.7 Å². The molecule has 2 aliphatic rings. The summed E-state index contributed by atoms with van der Waals surface area (Å²) in [6.45, 7) is 0.164. The molecule has 9 nitrogen and oxygen atoms in total. The van der Waals surface area contributed by atoms with Gasteiger partial charge in [-0.25, -0.2) is 9.67 Å². The molecule has 2 aromatic heterocycles. The van der Waals surface area contributed by atoms with Gasteiger partial charge in [-0.2, -0.15) is 5.10 Å². The first-order valence-electron chi connectivity index (χ1n) is 10.8. The fraction of sp³-hybridized carbons (Fsp3) is 0.391. The van der Waals surface area contributed by atoms with Crippen LogP contribution < -0.4 is 14.8 Å². The molecule has 0 radical (unpaired) electrons. The van der Waals surface area contributed by atoms with E-state index >= 15 is 0 Å². The van der Waals surface area contributed by atoms with Gasteiger partial charge in [0.1, 0.15) is 0 Å². The van der Waals surface area contributed by atoms with Gasteiger partial charge < -0.3 is 19.9 Å². The lowest BCUT2D eigenvalue weighted by molar-refractivity contribution is -0.141. The third-order valence-corrected chi connectivity index (χ3v) is 6.14. The standard InChI is InChI=1S/C23H24N4O5/c28-22(16-9-15-12-26-27(21(15)24-10-16)18-3-1-2-4-18)25-11-17(23(29)30)7-14-5-6-19-20(8-14)32-13-31-19/h5-6,8-10,12,17-18H,1-4,7,11,13H2,(H,25,28)(H,29,30). The van der Waals surface area contributed by atoms with Gasteiger partial charge in [0.25, 0.3) is 5.91 Å². The molecule has 1 aromatic carbocycles. The summed E-state index contributed by atoms with van der Waals surface area (Å²) < 4.78 is 12.6. The molecule has 9 heteroatoms. The highest BCUT2D eigenvalue weighted by Crippen LogP contribution is 2.33. The van der Waals surface area contributed by atoms with Gasteiger partial charge in [-0.3, -0.25) is 9.59 Å². The van der Waals surface area contributed by atoms with Crippen molar-refractivity contribution < 1.29 is 24.2 Å². The number of carbonyl (C=O) groups excluding carboxylic acids is 1. The van der Waals surface area contributed by atoms with E-state index in [0.717, 1.165) is 29.4 Å². The Labute approximate surface area is 184 Å². The molecule has 1 saturated carbocycles. The van der Waals surface area contributed by atoms with Crippen molar-refractivity contribution >= 4 is 22.9 Å². The lowest BCUT2D eigenvalue weighted by Crippen LogP contribution is -2.34. The molecule has 166 valence electrons. The summed E-state index contributed by atoms with van der Waals surface area (Å²) in [4.78, 5) is 28.9. The second-order valence-electron chi connectivity index (χ2n) is 8.30. The summed E-state index contributed by atoms with van der Waals surface area (Å²) in [6.07, 6.45) is 8.11. The number of ether oxygens (including phenoxy) is 2. The quantitative estimate of drug-likeness (QED) is 0.585. The highest BCUT2D eigenvalue weighted by atomic mass is 16.7. The number of aromatic nitrogens is 3. The van der Waals surface area contributed by atoms with E-state index in [1.807, 2.05) is 10.7 Å². The number of hydrogen-bond acceptors (Lipinski definition) is 6. The first-order chi connectivity index (χ1) is 15.6. The monoisotopic (exact) mass is 436 g/mol. The van der Waals surface area contributed by atoms with Crippen LogP contribution in [-0.4, -0.2) is 45.1 Å². The Bertz CT molecular complexity index is 1170. The third kappa shape index (κ3) is 3.98. The van der Waals surface area contributed by atoms with Gasteiger partial charge in [-0.05, 0) is 43.0 Å². The van der Waals surface area contributed by atoms with Crippen molar-refractivity contribution in [1.29, 1.82) is 0 Å². The Morgan fingerprint density at radius 1 is 1.16 bits per heavy atom. The first kappa shape index (κ1) is 20.3. The maximum absolute atomic E-state index is 12.7. The Kier molecular flexibility index (Phi) is 5.38. The third-order valence-electron chi connectivity index (χ3n) is 6.14. The number of carbonyl (C=O) groups is 2. The zero-order valence-electron chi connectivity index (χ0n) is 17.5. The Morgan fingerprint density at radius 3 is 2.78 bits per heavy atom. The van der Waals surface area contributed by atoms with Crippen molar-refractivity contribution in [3.05, 3.63) is 47.8 Å². The average molecular weight is 436 g/mol. The zero-order valence-corrected chi connectivity index (χ0v) is 17.5. The van der Waals surface area contributed by atoms with Crippen molar-refractivity contribution in [2.45, 2.75) is 38.1 Å². The first-order valence-corrected chi connectivity index (χ1v) is 10.8. The summed E-state index contributed by atoms with van der Waals surface area (Å²) in [5, 5.41) is 17.6. The van der Waals surface area contributed by atoms with Crippen LogP contribution in [0.5, 0.6) is 11.5 Å². The van der Waals surface area contributed by atoms with Crippen LogP contribution in [-0.2, 0) is 11.2 Å². The van der Waals surface area contributed by atoms with Gasteiger partial charge >= 0.3 is 5.97 Å². The fourth-order valence-electron chi connectivity index (χ4n) is 4.40. The van der Waals surface area contributed by atoms with E-state index in [-0.39, 0.29) is 25.7 Å². The minimum atomic E-state index is -0.977. The molecule has 0 saturated heterocycles. The van der Waals surface area contributed by atoms with Crippen molar-refractivity contribution in [3.63, 3.8) is 0 Å². The number of aliphatic carboxylic acids is 1. The van der Waals surface area contributed by atoms with Crippen LogP contribution >= 0.6 is 0 Å². The SMILES string of the molecule is O=C(NCC(Cc1ccc2c(c1)OCO2)C(=O)O)c1cnc2c(cnn2C2CCCC2)c1. The van der Waals surface area contributed by atoms with Crippen LogP contribution in [0.1, 0.15) is 47.6 Å². The van der Waals surface area contributed by atoms with Gasteiger partial charge in [0, 0.05) is 18.1 Å². The molecule has 1 atom stereocenters. The molecule has 3 heterocycles. The van der Waals surface area contributed by atoms with Gasteiger partial charge in [-0.1, -0.05) is 18.9 Å². The van der Waals surface area contributed by atoms with Crippen LogP contribution in [0.3, 0.4) is 0 Å². The molecule has 5 rings (SSSR count). The number of hydrogen-bond donors (Lipinski definition) is 2. The van der Waals surface area contributed by atoms with E-state index in [0.29, 0.717) is 23.1 Å². The van der Waals surface area contributed by atoms with Gasteiger partial charge in [0.2, 0.25) is 6.79 Å². The van der Waals surface area contributed by atoms with E-state index in [9.17, 15) is 14.7 Å². The molecule has 1 amide bonds. The zero-order chi connectivity index (χ0) is 22.1. The van der Waals surface area contributed by atoms with E-state index in [4.69, 9.17) is 9.47 Å². The molecule has 1 aliphatic heterocycles. The number of nitrogens with one attached hydrogen (secondary N) is 1. The summed E-state index contributed by atoms with van der Waals surface area (Å²) in [7, 11) is 0. The summed E-state index contributed by atoms with van der Waals surface area (Å²) in [5.74, 6) is -0.859. The molecule has 2 N–H and O–H groups in total. The predicted molar refractivity (Wildman–Crippen MR) is 115 cm³/mol. The van der Waals surface area contributed by atoms with Crippen LogP contribution in [0.15, 0.2) is 36.7 Å². The molecule has 32 heavy (non-hydrogen) atoms. The number of carboxylic acids is 1. The number of carboxylic acid groups (broad SMARTS) is 1. The summed E-state index contributed by atoms with van der Waals surface area (Å²) in [5.41, 5.74) is 1.97. The number of pyridine rings is 1. The van der Waals surface area contributed by atoms with E-state index in [2.05, 4.69) is 15.4 Å². The second kappa shape index (κ2) is 8.49. The smallest absolute Gasteiger partial charge is 0.308 e. The highest BCUT2D eigenvalue weighted by Gasteiger charge is 2.23. The fourth-order valence-corrected chi connectivity index (χ4v) is 4.40. The molecule has 0 bridgehead atoms. The van der Waals surface area contributed by atoms with E-state index in [1.54, 1.807) is 24.4 Å². The lowest BCUT2D eigenvalue weighted by atomic mass is 9.99. The molecule has 1 unspecified atom stereocenters. The minimum absolute atomic E-state index is 0.00197. The molecule has 1 fully saturated rings. The molecule has 1 aliphatic carbocycles. The molecular weight excluding hydrogens is 412 g/mol. The Balaban J connectivity index is 1.25. The topological polar surface area (TPSA) is 116 Å². The summed E-state index contributed by atoms with van der Waals surface area (Å²) in [6, 6.07) is 7.48. The van der Waals surface area contributed by atoms with Crippen LogP contribution in [0.2, 0.25) is 0 Å². The summed E-state index contributed by atoms with van der Waals surface area (Å²) >= 11 is 0. The Morgan fingerprint density at radius 2 is 1.97 bits per heavy atom. The van der Waals surface area contributed by atoms with E-state index in [1.165, 1.54) is 19.0 Å². The normalized spacial score (nSPS) is 16.4. The van der Waals surface area contributed by atoms with Crippen molar-refractivity contribution in [2.24, 2.45) is 5.92 Å².